The number of hydrogen-bond acceptors (Lipinski definition) is 3. The topological polar surface area (TPSA) is 57.2 Å². The number of unbranched alkanes of at least 4 members (excludes halogenated alkanes) is 4. The Labute approximate surface area is 194 Å². The van der Waals surface area contributed by atoms with Gasteiger partial charge in [-0.3, -0.25) is 0 Å². The zero-order chi connectivity index (χ0) is 17.6. The van der Waals surface area contributed by atoms with Gasteiger partial charge in [-0.2, -0.15) is 0 Å². The first-order valence-corrected chi connectivity index (χ1v) is 10.4. The molecule has 0 heterocycles. The van der Waals surface area contributed by atoms with Crippen molar-refractivity contribution in [3.05, 3.63) is 41.5 Å². The third-order valence-corrected chi connectivity index (χ3v) is 5.32. The second-order valence-corrected chi connectivity index (χ2v) is 7.87. The van der Waals surface area contributed by atoms with E-state index in [9.17, 15) is 13.0 Å². The van der Waals surface area contributed by atoms with Gasteiger partial charge < -0.3 is 4.55 Å². The first-order chi connectivity index (χ1) is 11.5. The van der Waals surface area contributed by atoms with Crippen LogP contribution in [-0.4, -0.2) is 13.0 Å². The molecule has 0 aliphatic carbocycles. The molecule has 0 unspecified atom stereocenters. The van der Waals surface area contributed by atoms with E-state index in [2.05, 4.69) is 19.9 Å². The van der Waals surface area contributed by atoms with Gasteiger partial charge in [0, 0.05) is 0 Å². The van der Waals surface area contributed by atoms with E-state index in [4.69, 9.17) is 0 Å². The van der Waals surface area contributed by atoms with Crippen molar-refractivity contribution in [3.8, 4) is 0 Å². The minimum Gasteiger partial charge on any atom is -0.744 e. The average molecular weight is 387 g/mol. The van der Waals surface area contributed by atoms with Crippen LogP contribution in [0.3, 0.4) is 0 Å². The van der Waals surface area contributed by atoms with Crippen LogP contribution < -0.4 is 51.4 Å². The molecule has 0 fully saturated rings. The summed E-state index contributed by atoms with van der Waals surface area (Å²) in [5, 5.41) is 1.41. The molecule has 2 aromatic rings. The van der Waals surface area contributed by atoms with Crippen LogP contribution in [0.2, 0.25) is 0 Å². The Bertz CT molecular complexity index is 785. The summed E-state index contributed by atoms with van der Waals surface area (Å²) in [6.45, 7) is 4.29. The maximum atomic E-state index is 11.7. The van der Waals surface area contributed by atoms with Gasteiger partial charge in [-0.1, -0.05) is 57.7 Å². The van der Waals surface area contributed by atoms with Crippen LogP contribution in [0.1, 0.15) is 63.5 Å². The monoisotopic (exact) mass is 386 g/mol. The van der Waals surface area contributed by atoms with Gasteiger partial charge in [0.1, 0.15) is 10.1 Å². The van der Waals surface area contributed by atoms with E-state index in [1.807, 2.05) is 18.2 Å². The zero-order valence-electron chi connectivity index (χ0n) is 15.7. The van der Waals surface area contributed by atoms with Crippen molar-refractivity contribution >= 4 is 20.9 Å². The maximum absolute atomic E-state index is 11.7. The smallest absolute Gasteiger partial charge is 0.744 e. The number of fused-ring (bicyclic) bond motifs is 1. The molecule has 0 aliphatic heterocycles. The van der Waals surface area contributed by atoms with Crippen molar-refractivity contribution in [2.24, 2.45) is 0 Å². The molecule has 0 bridgehead atoms. The first kappa shape index (κ1) is 23.3. The van der Waals surface area contributed by atoms with E-state index in [0.29, 0.717) is 5.39 Å². The van der Waals surface area contributed by atoms with Crippen molar-refractivity contribution in [3.63, 3.8) is 0 Å². The van der Waals surface area contributed by atoms with E-state index in [1.165, 1.54) is 0 Å². The molecule has 0 amide bonds. The molecule has 0 saturated carbocycles. The molecule has 132 valence electrons. The SMILES string of the molecule is CCCCCc1cc(S(=O)(=O)[O-])c2cc(CCCCC)ccc2c1.[K+]. The van der Waals surface area contributed by atoms with Crippen molar-refractivity contribution in [1.29, 1.82) is 0 Å². The van der Waals surface area contributed by atoms with Crippen molar-refractivity contribution in [2.75, 3.05) is 0 Å². The van der Waals surface area contributed by atoms with Gasteiger partial charge in [-0.05, 0) is 59.7 Å². The summed E-state index contributed by atoms with van der Waals surface area (Å²) in [5.41, 5.74) is 2.03. The molecule has 0 aromatic heterocycles. The average Bonchev–Trinajstić information content (AvgIpc) is 2.54. The van der Waals surface area contributed by atoms with Crippen LogP contribution in [0, 0.1) is 0 Å². The Balaban J connectivity index is 0.00000312. The second kappa shape index (κ2) is 11.2. The Morgan fingerprint density at radius 3 is 2.00 bits per heavy atom. The predicted molar refractivity (Wildman–Crippen MR) is 98.4 cm³/mol. The minimum atomic E-state index is -4.47. The second-order valence-electron chi connectivity index (χ2n) is 6.52. The van der Waals surface area contributed by atoms with Gasteiger partial charge in [0.15, 0.2) is 0 Å². The van der Waals surface area contributed by atoms with Gasteiger partial charge in [-0.25, -0.2) is 8.42 Å². The quantitative estimate of drug-likeness (QED) is 0.377. The minimum absolute atomic E-state index is 0. The van der Waals surface area contributed by atoms with Crippen LogP contribution >= 0.6 is 0 Å². The number of benzene rings is 2. The summed E-state index contributed by atoms with van der Waals surface area (Å²) in [4.78, 5) is -0.0659. The fraction of sp³-hybridized carbons (Fsp3) is 0.500. The predicted octanol–water partition coefficient (Wildman–Crippen LogP) is 2.21. The molecule has 2 aromatic carbocycles. The van der Waals surface area contributed by atoms with Crippen LogP contribution in [-0.2, 0) is 23.0 Å². The van der Waals surface area contributed by atoms with E-state index in [-0.39, 0.29) is 56.3 Å². The van der Waals surface area contributed by atoms with Gasteiger partial charge >= 0.3 is 51.4 Å². The normalized spacial score (nSPS) is 11.5. The molecule has 5 heteroatoms. The van der Waals surface area contributed by atoms with Crippen LogP contribution in [0.25, 0.3) is 10.8 Å². The largest absolute Gasteiger partial charge is 1.00 e. The summed E-state index contributed by atoms with van der Waals surface area (Å²) in [5.74, 6) is 0. The molecule has 25 heavy (non-hydrogen) atoms. The molecule has 0 spiro atoms. The van der Waals surface area contributed by atoms with Crippen LogP contribution in [0.15, 0.2) is 35.2 Å². The zero-order valence-corrected chi connectivity index (χ0v) is 19.6. The summed E-state index contributed by atoms with van der Waals surface area (Å²) in [7, 11) is -4.47. The van der Waals surface area contributed by atoms with E-state index < -0.39 is 10.1 Å². The van der Waals surface area contributed by atoms with Crippen LogP contribution in [0.5, 0.6) is 0 Å². The standard InChI is InChI=1S/C20H28O3S.K/c1-3-5-7-9-16-11-12-18-13-17(10-8-6-4-2)15-20(19(18)14-16)24(21,22)23;/h11-15H,3-10H2,1-2H3,(H,21,22,23);/q;+1/p-1. The van der Waals surface area contributed by atoms with Crippen molar-refractivity contribution < 1.29 is 64.4 Å². The number of rotatable bonds is 9. The molecule has 0 atom stereocenters. The molecule has 0 saturated heterocycles. The van der Waals surface area contributed by atoms with Crippen molar-refractivity contribution in [2.45, 2.75) is 70.1 Å². The van der Waals surface area contributed by atoms with Gasteiger partial charge in [0.25, 0.3) is 0 Å². The molecule has 0 N–H and O–H groups in total. The molecule has 2 rings (SSSR count). The van der Waals surface area contributed by atoms with Crippen molar-refractivity contribution in [1.82, 2.24) is 0 Å². The fourth-order valence-corrected chi connectivity index (χ4v) is 3.84. The molecular weight excluding hydrogens is 359 g/mol. The molecule has 3 nitrogen and oxygen atoms in total. The molecular formula is C20H27KO3S. The Morgan fingerprint density at radius 1 is 0.840 bits per heavy atom. The van der Waals surface area contributed by atoms with E-state index >= 15 is 0 Å². The van der Waals surface area contributed by atoms with Gasteiger partial charge in [0.2, 0.25) is 0 Å². The number of hydrogen-bond donors (Lipinski definition) is 0. The maximum Gasteiger partial charge on any atom is 1.00 e. The summed E-state index contributed by atoms with van der Waals surface area (Å²) >= 11 is 0. The van der Waals surface area contributed by atoms with E-state index in [0.717, 1.165) is 67.9 Å². The Kier molecular flexibility index (Phi) is 10.4. The summed E-state index contributed by atoms with van der Waals surface area (Å²) in [6, 6.07) is 9.49. The summed E-state index contributed by atoms with van der Waals surface area (Å²) in [6.07, 6.45) is 8.34. The Hall–Kier alpha value is 0.246. The van der Waals surface area contributed by atoms with Gasteiger partial charge in [-0.15, -0.1) is 0 Å². The van der Waals surface area contributed by atoms with E-state index in [1.54, 1.807) is 6.07 Å². The van der Waals surface area contributed by atoms with Gasteiger partial charge in [0.05, 0.1) is 4.90 Å². The summed E-state index contributed by atoms with van der Waals surface area (Å²) < 4.78 is 35.2. The van der Waals surface area contributed by atoms with Crippen LogP contribution in [0.4, 0.5) is 0 Å². The molecule has 0 radical (unpaired) electrons. The third kappa shape index (κ3) is 7.05. The fourth-order valence-electron chi connectivity index (χ4n) is 3.10. The third-order valence-electron chi connectivity index (χ3n) is 4.45. The first-order valence-electron chi connectivity index (χ1n) is 8.97. The number of aryl methyl sites for hydroxylation is 2. The molecule has 0 aliphatic rings. The Morgan fingerprint density at radius 2 is 1.44 bits per heavy atom.